The minimum Gasteiger partial charge on any atom is -0.393 e. The molecule has 2 nitrogen and oxygen atoms in total. The summed E-state index contributed by atoms with van der Waals surface area (Å²) in [4.78, 5) is 2.54. The van der Waals surface area contributed by atoms with Crippen LogP contribution >= 0.6 is 0 Å². The molecule has 2 heterocycles. The normalized spacial score (nSPS) is 41.8. The Morgan fingerprint density at radius 2 is 1.92 bits per heavy atom. The molecule has 2 heteroatoms. The van der Waals surface area contributed by atoms with Crippen molar-refractivity contribution in [2.45, 2.75) is 56.8 Å². The van der Waals surface area contributed by atoms with Crippen molar-refractivity contribution in [2.24, 2.45) is 0 Å². The molecule has 2 aliphatic heterocycles. The van der Waals surface area contributed by atoms with Gasteiger partial charge < -0.3 is 5.11 Å². The van der Waals surface area contributed by atoms with Gasteiger partial charge in [0.1, 0.15) is 0 Å². The van der Waals surface area contributed by atoms with Gasteiger partial charge in [0, 0.05) is 18.1 Å². The quantitative estimate of drug-likeness (QED) is 0.653. The van der Waals surface area contributed by atoms with Crippen LogP contribution in [-0.4, -0.2) is 34.2 Å². The Morgan fingerprint density at radius 3 is 2.38 bits per heavy atom. The van der Waals surface area contributed by atoms with Gasteiger partial charge in [-0.1, -0.05) is 6.08 Å². The van der Waals surface area contributed by atoms with Gasteiger partial charge in [-0.3, -0.25) is 4.90 Å². The van der Waals surface area contributed by atoms with Gasteiger partial charge >= 0.3 is 0 Å². The van der Waals surface area contributed by atoms with E-state index >= 15 is 0 Å². The van der Waals surface area contributed by atoms with Gasteiger partial charge in [0.05, 0.1) is 6.10 Å². The van der Waals surface area contributed by atoms with Gasteiger partial charge in [0.25, 0.3) is 0 Å². The maximum atomic E-state index is 9.61. The summed E-state index contributed by atoms with van der Waals surface area (Å²) in [5, 5.41) is 9.61. The molecular weight excluding hydrogens is 162 g/mol. The third-order valence-corrected chi connectivity index (χ3v) is 3.58. The Labute approximate surface area is 80.2 Å². The smallest absolute Gasteiger partial charge is 0.0570 e. The molecule has 2 fully saturated rings. The highest BCUT2D eigenvalue weighted by atomic mass is 16.3. The van der Waals surface area contributed by atoms with Crippen molar-refractivity contribution in [1.29, 1.82) is 0 Å². The van der Waals surface area contributed by atoms with Crippen LogP contribution in [0.25, 0.3) is 0 Å². The molecule has 2 bridgehead atoms. The van der Waals surface area contributed by atoms with Crippen LogP contribution in [0.4, 0.5) is 0 Å². The number of piperidine rings is 1. The summed E-state index contributed by atoms with van der Waals surface area (Å²) in [6.45, 7) is 6.05. The lowest BCUT2D eigenvalue weighted by Crippen LogP contribution is -2.48. The van der Waals surface area contributed by atoms with E-state index in [0.29, 0.717) is 18.1 Å². The molecule has 3 atom stereocenters. The maximum Gasteiger partial charge on any atom is 0.0570 e. The first kappa shape index (κ1) is 9.22. The Morgan fingerprint density at radius 1 is 1.38 bits per heavy atom. The zero-order valence-electron chi connectivity index (χ0n) is 8.32. The van der Waals surface area contributed by atoms with E-state index in [9.17, 15) is 5.11 Å². The maximum absolute atomic E-state index is 9.61. The zero-order chi connectivity index (χ0) is 9.42. The Kier molecular flexibility index (Phi) is 2.43. The second-order valence-corrected chi connectivity index (χ2v) is 4.43. The summed E-state index contributed by atoms with van der Waals surface area (Å²) in [7, 11) is 0. The summed E-state index contributed by atoms with van der Waals surface area (Å²) >= 11 is 0. The number of rotatable bonds is 2. The topological polar surface area (TPSA) is 23.5 Å². The molecule has 0 spiro atoms. The predicted octanol–water partition coefficient (Wildman–Crippen LogP) is 1.55. The summed E-state index contributed by atoms with van der Waals surface area (Å²) in [5.74, 6) is 0. The molecule has 0 radical (unpaired) electrons. The van der Waals surface area contributed by atoms with Crippen molar-refractivity contribution in [1.82, 2.24) is 4.90 Å². The molecule has 0 aromatic heterocycles. The predicted molar refractivity (Wildman–Crippen MR) is 53.5 cm³/mol. The Balaban J connectivity index is 2.10. The van der Waals surface area contributed by atoms with Crippen LogP contribution in [0, 0.1) is 0 Å². The van der Waals surface area contributed by atoms with Crippen molar-refractivity contribution in [2.75, 3.05) is 0 Å². The minimum atomic E-state index is -0.0502. The van der Waals surface area contributed by atoms with Gasteiger partial charge in [-0.2, -0.15) is 0 Å². The second kappa shape index (κ2) is 3.43. The standard InChI is InChI=1S/C11H19NO/c1-3-8(2)12-9-4-5-10(12)7-11(13)6-9/h3,8-11,13H,1,4-7H2,2H3. The fraction of sp³-hybridized carbons (Fsp3) is 0.818. The molecule has 0 aromatic rings. The molecule has 0 aromatic carbocycles. The molecule has 74 valence electrons. The molecule has 13 heavy (non-hydrogen) atoms. The van der Waals surface area contributed by atoms with Crippen LogP contribution in [0.5, 0.6) is 0 Å². The fourth-order valence-corrected chi connectivity index (χ4v) is 2.97. The highest BCUT2D eigenvalue weighted by Gasteiger charge is 2.41. The number of aliphatic hydroxyl groups excluding tert-OH is 1. The molecular formula is C11H19NO. The van der Waals surface area contributed by atoms with Crippen LogP contribution in [0.1, 0.15) is 32.6 Å². The molecule has 0 saturated carbocycles. The number of hydrogen-bond donors (Lipinski definition) is 1. The minimum absolute atomic E-state index is 0.0502. The first-order chi connectivity index (χ1) is 6.22. The van der Waals surface area contributed by atoms with Gasteiger partial charge in [-0.25, -0.2) is 0 Å². The number of nitrogens with zero attached hydrogens (tertiary/aromatic N) is 1. The number of fused-ring (bicyclic) bond motifs is 2. The van der Waals surface area contributed by atoms with E-state index in [1.54, 1.807) is 0 Å². The Bertz CT molecular complexity index is 190. The van der Waals surface area contributed by atoms with E-state index in [0.717, 1.165) is 12.8 Å². The van der Waals surface area contributed by atoms with Crippen LogP contribution in [-0.2, 0) is 0 Å². The third kappa shape index (κ3) is 1.53. The van der Waals surface area contributed by atoms with E-state index in [1.807, 2.05) is 6.08 Å². The third-order valence-electron chi connectivity index (χ3n) is 3.58. The molecule has 2 rings (SSSR count). The van der Waals surface area contributed by atoms with Gasteiger partial charge in [0.2, 0.25) is 0 Å². The van der Waals surface area contributed by atoms with E-state index in [4.69, 9.17) is 0 Å². The SMILES string of the molecule is C=CC(C)N1C2CCC1CC(O)C2. The van der Waals surface area contributed by atoms with E-state index < -0.39 is 0 Å². The Hall–Kier alpha value is -0.340. The van der Waals surface area contributed by atoms with Crippen molar-refractivity contribution in [3.05, 3.63) is 12.7 Å². The largest absolute Gasteiger partial charge is 0.393 e. The van der Waals surface area contributed by atoms with E-state index in [1.165, 1.54) is 12.8 Å². The van der Waals surface area contributed by atoms with Crippen LogP contribution in [0.15, 0.2) is 12.7 Å². The molecule has 2 aliphatic rings. The average molecular weight is 181 g/mol. The first-order valence-corrected chi connectivity index (χ1v) is 5.30. The molecule has 1 N–H and O–H groups in total. The van der Waals surface area contributed by atoms with Crippen LogP contribution < -0.4 is 0 Å². The lowest BCUT2D eigenvalue weighted by molar-refractivity contribution is 0.0246. The van der Waals surface area contributed by atoms with Gasteiger partial charge in [-0.05, 0) is 32.6 Å². The number of hydrogen-bond acceptors (Lipinski definition) is 2. The molecule has 3 unspecified atom stereocenters. The highest BCUT2D eigenvalue weighted by Crippen LogP contribution is 2.37. The molecule has 0 amide bonds. The van der Waals surface area contributed by atoms with Crippen molar-refractivity contribution < 1.29 is 5.11 Å². The summed E-state index contributed by atoms with van der Waals surface area (Å²) in [5.41, 5.74) is 0. The van der Waals surface area contributed by atoms with Crippen molar-refractivity contribution in [3.8, 4) is 0 Å². The van der Waals surface area contributed by atoms with Gasteiger partial charge in [-0.15, -0.1) is 6.58 Å². The lowest BCUT2D eigenvalue weighted by atomic mass is 9.98. The molecule has 2 saturated heterocycles. The highest BCUT2D eigenvalue weighted by molar-refractivity contribution is 5.00. The van der Waals surface area contributed by atoms with E-state index in [2.05, 4.69) is 18.4 Å². The number of aliphatic hydroxyl groups is 1. The average Bonchev–Trinajstić information content (AvgIpc) is 2.37. The fourth-order valence-electron chi connectivity index (χ4n) is 2.97. The molecule has 0 aliphatic carbocycles. The van der Waals surface area contributed by atoms with Crippen molar-refractivity contribution >= 4 is 0 Å². The zero-order valence-corrected chi connectivity index (χ0v) is 8.32. The van der Waals surface area contributed by atoms with Gasteiger partial charge in [0.15, 0.2) is 0 Å². The first-order valence-electron chi connectivity index (χ1n) is 5.30. The summed E-state index contributed by atoms with van der Waals surface area (Å²) in [6, 6.07) is 1.70. The second-order valence-electron chi connectivity index (χ2n) is 4.43. The van der Waals surface area contributed by atoms with E-state index in [-0.39, 0.29) is 6.10 Å². The van der Waals surface area contributed by atoms with Crippen LogP contribution in [0.2, 0.25) is 0 Å². The monoisotopic (exact) mass is 181 g/mol. The van der Waals surface area contributed by atoms with Crippen molar-refractivity contribution in [3.63, 3.8) is 0 Å². The summed E-state index contributed by atoms with van der Waals surface area (Å²) in [6.07, 6.45) is 6.43. The van der Waals surface area contributed by atoms with Crippen LogP contribution in [0.3, 0.4) is 0 Å². The summed E-state index contributed by atoms with van der Waals surface area (Å²) < 4.78 is 0. The lowest BCUT2D eigenvalue weighted by Gasteiger charge is -2.40.